The molecule has 10 heteroatoms. The van der Waals surface area contributed by atoms with Gasteiger partial charge in [-0.15, -0.1) is 0 Å². The first kappa shape index (κ1) is 23.8. The number of carbonyl (C=O) groups excluding carboxylic acids is 2. The van der Waals surface area contributed by atoms with E-state index < -0.39 is 22.5 Å². The maximum absolute atomic E-state index is 12.7. The zero-order valence-corrected chi connectivity index (χ0v) is 19.3. The van der Waals surface area contributed by atoms with Crippen molar-refractivity contribution in [1.29, 1.82) is 0 Å². The smallest absolute Gasteiger partial charge is 0.253 e. The molecule has 0 fully saturated rings. The van der Waals surface area contributed by atoms with Crippen molar-refractivity contribution in [2.45, 2.75) is 6.92 Å². The van der Waals surface area contributed by atoms with Gasteiger partial charge in [-0.1, -0.05) is 28.1 Å². The molecule has 2 rings (SSSR count). The molecule has 0 heterocycles. The first-order valence-electron chi connectivity index (χ1n) is 9.03. The topological polar surface area (TPSA) is 105 Å². The Kier molecular flexibility index (Phi) is 8.39. The van der Waals surface area contributed by atoms with E-state index in [-0.39, 0.29) is 17.2 Å². The molecule has 0 unspecified atom stereocenters. The summed E-state index contributed by atoms with van der Waals surface area (Å²) in [6, 6.07) is 11.5. The minimum atomic E-state index is -3.71. The number of nitrogens with zero attached hydrogens (tertiary/aromatic N) is 1. The van der Waals surface area contributed by atoms with Gasteiger partial charge in [-0.25, -0.2) is 8.42 Å². The summed E-state index contributed by atoms with van der Waals surface area (Å²) in [6.45, 7) is 2.07. The highest BCUT2D eigenvalue weighted by Crippen LogP contribution is 2.25. The minimum Gasteiger partial charge on any atom is -0.383 e. The number of halogens is 1. The maximum Gasteiger partial charge on any atom is 0.253 e. The number of aryl methyl sites for hydroxylation is 1. The quantitative estimate of drug-likeness (QED) is 0.518. The van der Waals surface area contributed by atoms with Crippen molar-refractivity contribution in [2.24, 2.45) is 0 Å². The second-order valence-corrected chi connectivity index (χ2v) is 9.31. The van der Waals surface area contributed by atoms with Crippen molar-refractivity contribution in [1.82, 2.24) is 5.32 Å². The second kappa shape index (κ2) is 10.6. The summed E-state index contributed by atoms with van der Waals surface area (Å²) in [5.41, 5.74) is 1.77. The number of amides is 2. The zero-order valence-electron chi connectivity index (χ0n) is 16.9. The average molecular weight is 498 g/mol. The van der Waals surface area contributed by atoms with Crippen molar-refractivity contribution in [3.63, 3.8) is 0 Å². The molecule has 30 heavy (non-hydrogen) atoms. The van der Waals surface area contributed by atoms with Crippen LogP contribution in [0.25, 0.3) is 0 Å². The monoisotopic (exact) mass is 497 g/mol. The Balaban J connectivity index is 2.20. The van der Waals surface area contributed by atoms with Crippen molar-refractivity contribution >= 4 is 49.1 Å². The van der Waals surface area contributed by atoms with Gasteiger partial charge in [0.05, 0.1) is 29.8 Å². The van der Waals surface area contributed by atoms with Crippen LogP contribution in [0.2, 0.25) is 0 Å². The van der Waals surface area contributed by atoms with E-state index in [0.29, 0.717) is 18.8 Å². The SMILES string of the molecule is COCCNC(=O)c1ccccc1NC(=O)CN(c1ccc(Br)c(C)c1)S(C)(=O)=O. The fourth-order valence-electron chi connectivity index (χ4n) is 2.66. The lowest BCUT2D eigenvalue weighted by molar-refractivity contribution is -0.114. The van der Waals surface area contributed by atoms with Crippen molar-refractivity contribution in [3.05, 3.63) is 58.1 Å². The van der Waals surface area contributed by atoms with Gasteiger partial charge in [0.15, 0.2) is 0 Å². The van der Waals surface area contributed by atoms with Crippen LogP contribution in [0.1, 0.15) is 15.9 Å². The van der Waals surface area contributed by atoms with Gasteiger partial charge in [-0.2, -0.15) is 0 Å². The number of para-hydroxylation sites is 1. The number of ether oxygens (including phenoxy) is 1. The lowest BCUT2D eigenvalue weighted by Crippen LogP contribution is -2.38. The summed E-state index contributed by atoms with van der Waals surface area (Å²) in [6.07, 6.45) is 1.04. The molecule has 2 N–H and O–H groups in total. The number of hydrogen-bond donors (Lipinski definition) is 2. The molecule has 2 aromatic rings. The third-order valence-corrected chi connectivity index (χ3v) is 6.18. The van der Waals surface area contributed by atoms with Gasteiger partial charge in [0.2, 0.25) is 15.9 Å². The van der Waals surface area contributed by atoms with Crippen LogP contribution in [0.5, 0.6) is 0 Å². The van der Waals surface area contributed by atoms with E-state index in [1.807, 2.05) is 6.92 Å². The summed E-state index contributed by atoms with van der Waals surface area (Å²) in [4.78, 5) is 25.0. The molecule has 0 bridgehead atoms. The predicted molar refractivity (Wildman–Crippen MR) is 120 cm³/mol. The van der Waals surface area contributed by atoms with Gasteiger partial charge in [0, 0.05) is 18.1 Å². The van der Waals surface area contributed by atoms with Crippen LogP contribution in [0, 0.1) is 6.92 Å². The largest absolute Gasteiger partial charge is 0.383 e. The van der Waals surface area contributed by atoms with Crippen LogP contribution in [0.3, 0.4) is 0 Å². The Bertz CT molecular complexity index is 1030. The average Bonchev–Trinajstić information content (AvgIpc) is 2.68. The normalized spacial score (nSPS) is 11.1. The van der Waals surface area contributed by atoms with Gasteiger partial charge in [-0.05, 0) is 42.8 Å². The van der Waals surface area contributed by atoms with Gasteiger partial charge in [0.1, 0.15) is 6.54 Å². The number of methoxy groups -OCH3 is 1. The molecular weight excluding hydrogens is 474 g/mol. The first-order chi connectivity index (χ1) is 14.1. The van der Waals surface area contributed by atoms with Crippen molar-refractivity contribution in [3.8, 4) is 0 Å². The summed E-state index contributed by atoms with van der Waals surface area (Å²) in [7, 11) is -2.18. The lowest BCUT2D eigenvalue weighted by atomic mass is 10.1. The van der Waals surface area contributed by atoms with Gasteiger partial charge in [0.25, 0.3) is 5.91 Å². The Morgan fingerprint density at radius 1 is 1.17 bits per heavy atom. The number of nitrogens with one attached hydrogen (secondary N) is 2. The van der Waals surface area contributed by atoms with E-state index in [1.54, 1.807) is 42.5 Å². The number of anilines is 2. The summed E-state index contributed by atoms with van der Waals surface area (Å²) < 4.78 is 31.3. The molecule has 162 valence electrons. The van der Waals surface area contributed by atoms with Crippen LogP contribution in [0.4, 0.5) is 11.4 Å². The van der Waals surface area contributed by atoms with E-state index in [2.05, 4.69) is 26.6 Å². The second-order valence-electron chi connectivity index (χ2n) is 6.55. The molecule has 2 aromatic carbocycles. The molecule has 0 aliphatic rings. The minimum absolute atomic E-state index is 0.271. The maximum atomic E-state index is 12.7. The van der Waals surface area contributed by atoms with E-state index in [4.69, 9.17) is 4.74 Å². The van der Waals surface area contributed by atoms with Crippen LogP contribution >= 0.6 is 15.9 Å². The molecule has 0 aromatic heterocycles. The molecule has 0 saturated carbocycles. The summed E-state index contributed by atoms with van der Waals surface area (Å²) in [5, 5.41) is 5.32. The fourth-order valence-corrected chi connectivity index (χ4v) is 3.75. The Labute approximate surface area is 184 Å². The summed E-state index contributed by atoms with van der Waals surface area (Å²) >= 11 is 3.37. The molecule has 0 aliphatic carbocycles. The zero-order chi connectivity index (χ0) is 22.3. The van der Waals surface area contributed by atoms with E-state index in [1.165, 1.54) is 7.11 Å². The molecule has 0 aliphatic heterocycles. The first-order valence-corrected chi connectivity index (χ1v) is 11.7. The molecule has 8 nitrogen and oxygen atoms in total. The summed E-state index contributed by atoms with van der Waals surface area (Å²) in [5.74, 6) is -0.940. The highest BCUT2D eigenvalue weighted by atomic mass is 79.9. The third kappa shape index (κ3) is 6.54. The lowest BCUT2D eigenvalue weighted by Gasteiger charge is -2.23. The van der Waals surface area contributed by atoms with Crippen LogP contribution in [0.15, 0.2) is 46.9 Å². The number of sulfonamides is 1. The predicted octanol–water partition coefficient (Wildman–Crippen LogP) is 2.54. The fraction of sp³-hybridized carbons (Fsp3) is 0.300. The standard InChI is InChI=1S/C20H24BrN3O5S/c1-14-12-15(8-9-17(14)21)24(30(3,27)28)13-19(25)23-18-7-5-4-6-16(18)20(26)22-10-11-29-2/h4-9,12H,10-11,13H2,1-3H3,(H,22,26)(H,23,25). The highest BCUT2D eigenvalue weighted by molar-refractivity contribution is 9.10. The molecule has 0 atom stereocenters. The van der Waals surface area contributed by atoms with Crippen LogP contribution in [-0.2, 0) is 19.6 Å². The van der Waals surface area contributed by atoms with Crippen molar-refractivity contribution < 1.29 is 22.7 Å². The number of carbonyl (C=O) groups is 2. The number of benzene rings is 2. The van der Waals surface area contributed by atoms with E-state index >= 15 is 0 Å². The highest BCUT2D eigenvalue weighted by Gasteiger charge is 2.22. The van der Waals surface area contributed by atoms with Gasteiger partial charge < -0.3 is 15.4 Å². The molecular formula is C20H24BrN3O5S. The molecule has 2 amide bonds. The Morgan fingerprint density at radius 3 is 2.50 bits per heavy atom. The molecule has 0 saturated heterocycles. The van der Waals surface area contributed by atoms with Gasteiger partial charge in [-0.3, -0.25) is 13.9 Å². The van der Waals surface area contributed by atoms with E-state index in [0.717, 1.165) is 20.6 Å². The number of hydrogen-bond acceptors (Lipinski definition) is 5. The Morgan fingerprint density at radius 2 is 1.87 bits per heavy atom. The number of rotatable bonds is 9. The van der Waals surface area contributed by atoms with Crippen LogP contribution in [-0.4, -0.2) is 53.3 Å². The van der Waals surface area contributed by atoms with Crippen molar-refractivity contribution in [2.75, 3.05) is 42.7 Å². The van der Waals surface area contributed by atoms with Crippen LogP contribution < -0.4 is 14.9 Å². The molecule has 0 spiro atoms. The third-order valence-electron chi connectivity index (χ3n) is 4.15. The molecule has 0 radical (unpaired) electrons. The van der Waals surface area contributed by atoms with Gasteiger partial charge >= 0.3 is 0 Å². The van der Waals surface area contributed by atoms with E-state index in [9.17, 15) is 18.0 Å². The Hall–Kier alpha value is -2.43.